The molecule has 1 saturated heterocycles. The summed E-state index contributed by atoms with van der Waals surface area (Å²) in [5, 5.41) is 25.5. The second-order valence-corrected chi connectivity index (χ2v) is 19.7. The highest BCUT2D eigenvalue weighted by atomic mass is 33.1. The van der Waals surface area contributed by atoms with Crippen LogP contribution in [0.1, 0.15) is 62.5 Å². The van der Waals surface area contributed by atoms with Gasteiger partial charge in [0.05, 0.1) is 37.1 Å². The molecule has 0 bridgehead atoms. The highest BCUT2D eigenvalue weighted by Crippen LogP contribution is 2.25. The third-order valence-corrected chi connectivity index (χ3v) is 13.4. The van der Waals surface area contributed by atoms with E-state index >= 15 is 0 Å². The Morgan fingerprint density at radius 3 is 1.93 bits per heavy atom. The number of amides is 9. The quantitative estimate of drug-likeness (QED) is 0.0106. The maximum atomic E-state index is 13.9. The standard InChI is InChI=1S/C39H52N8O10S2.C8H18N6O2/c1-42-29(20-34(41)52)36(54)46-32(39(57)47-16-5-8-27(47)22-49)23-59-58-17-15-35(53)44-30(19-25-9-12-28(50)13-10-25)38(56)45-31(18-24-6-3-2-4-7-24)37(55)43-26(21-48)11-14-33(40)51;9-5(2-1-3-13-8(11)12)7(16)14-4-6(10)15/h2-4,6-7,9-10,12-13,21-22,26-27,29-32,42,50H,5,8,11,14-20,23H2,1H3,(H2,40,51)(H2,41,52)(H,43,55)(H,44,53)(H,45,56)(H,46,54);5H,1-4,9H2,(H2,10,15)(H,14,16)(H4,11,12,13)/t26?,27-,29?,30?,31?,32-;/m0./s1. The van der Waals surface area contributed by atoms with Gasteiger partial charge >= 0.3 is 0 Å². The minimum atomic E-state index is -1.19. The van der Waals surface area contributed by atoms with E-state index in [-0.39, 0.29) is 68.3 Å². The van der Waals surface area contributed by atoms with Crippen molar-refractivity contribution in [3.8, 4) is 5.75 Å². The number of nitrogens with one attached hydrogen (secondary N) is 6. The van der Waals surface area contributed by atoms with Crippen LogP contribution in [-0.2, 0) is 65.6 Å². The Bertz CT molecular complexity index is 2260. The lowest BCUT2D eigenvalue weighted by atomic mass is 10.0. The van der Waals surface area contributed by atoms with Crippen LogP contribution in [0.25, 0.3) is 0 Å². The lowest BCUT2D eigenvalue weighted by Crippen LogP contribution is -2.56. The Morgan fingerprint density at radius 2 is 1.35 bits per heavy atom. The summed E-state index contributed by atoms with van der Waals surface area (Å²) in [6, 6.07) is 8.07. The van der Waals surface area contributed by atoms with Gasteiger partial charge in [-0.05, 0) is 62.4 Å². The van der Waals surface area contributed by atoms with Gasteiger partial charge in [0.15, 0.2) is 5.96 Å². The van der Waals surface area contributed by atoms with Crippen LogP contribution in [0.2, 0.25) is 0 Å². The third kappa shape index (κ3) is 26.0. The zero-order valence-electron chi connectivity index (χ0n) is 41.6. The minimum Gasteiger partial charge on any atom is -0.508 e. The largest absolute Gasteiger partial charge is 0.508 e. The predicted octanol–water partition coefficient (Wildman–Crippen LogP) is -4.03. The Balaban J connectivity index is 0.00000103. The summed E-state index contributed by atoms with van der Waals surface area (Å²) < 4.78 is 0. The summed E-state index contributed by atoms with van der Waals surface area (Å²) in [6.07, 6.45) is 2.77. The number of hydrogen-bond acceptors (Lipinski definition) is 17. The molecule has 412 valence electrons. The molecule has 1 aliphatic rings. The van der Waals surface area contributed by atoms with Crippen LogP contribution in [0, 0.1) is 0 Å². The summed E-state index contributed by atoms with van der Waals surface area (Å²) in [5.41, 5.74) is 32.4. The Morgan fingerprint density at radius 1 is 0.733 bits per heavy atom. The van der Waals surface area contributed by atoms with Crippen molar-refractivity contribution in [2.24, 2.45) is 39.4 Å². The number of carbonyl (C=O) groups is 11. The van der Waals surface area contributed by atoms with Gasteiger partial charge in [-0.25, -0.2) is 0 Å². The number of aliphatic imine (C=N–C) groups is 1. The van der Waals surface area contributed by atoms with Crippen LogP contribution in [-0.4, -0.2) is 162 Å². The van der Waals surface area contributed by atoms with Crippen molar-refractivity contribution in [3.63, 3.8) is 0 Å². The summed E-state index contributed by atoms with van der Waals surface area (Å²) in [6.45, 7) is 0.551. The van der Waals surface area contributed by atoms with Gasteiger partial charge in [-0.1, -0.05) is 64.1 Å². The fourth-order valence-electron chi connectivity index (χ4n) is 7.08. The number of phenolic OH excluding ortho intramolecular Hbond substituents is 1. The number of likely N-dealkylation sites (N-methyl/N-ethyl adjacent to an activating group) is 1. The van der Waals surface area contributed by atoms with Crippen LogP contribution in [0.5, 0.6) is 5.75 Å². The van der Waals surface area contributed by atoms with Gasteiger partial charge < -0.3 is 85.9 Å². The molecule has 2 aromatic carbocycles. The van der Waals surface area contributed by atoms with Crippen molar-refractivity contribution < 1.29 is 57.8 Å². The maximum Gasteiger partial charge on any atom is 0.246 e. The fourth-order valence-corrected chi connectivity index (χ4v) is 9.22. The number of primary amides is 3. The van der Waals surface area contributed by atoms with Gasteiger partial charge in [-0.2, -0.15) is 0 Å². The van der Waals surface area contributed by atoms with E-state index in [1.165, 1.54) is 45.7 Å². The smallest absolute Gasteiger partial charge is 0.246 e. The molecule has 0 aromatic heterocycles. The molecular weight excluding hydrogens is 1020 g/mol. The molecule has 1 aliphatic heterocycles. The molecule has 0 aliphatic carbocycles. The molecule has 9 amide bonds. The highest BCUT2D eigenvalue weighted by Gasteiger charge is 2.35. The molecule has 1 heterocycles. The fraction of sp³-hybridized carbons (Fsp3) is 0.489. The van der Waals surface area contributed by atoms with E-state index < -0.39 is 95.5 Å². The molecule has 0 radical (unpaired) electrons. The van der Waals surface area contributed by atoms with E-state index in [1.807, 2.05) is 0 Å². The van der Waals surface area contributed by atoms with Gasteiger partial charge in [-0.15, -0.1) is 0 Å². The van der Waals surface area contributed by atoms with Gasteiger partial charge in [0, 0.05) is 50.3 Å². The first kappa shape index (κ1) is 63.8. The molecule has 5 unspecified atom stereocenters. The molecular formula is C47H70N14O12S2. The van der Waals surface area contributed by atoms with Crippen molar-refractivity contribution in [2.45, 2.75) is 107 Å². The van der Waals surface area contributed by atoms with Gasteiger partial charge in [-0.3, -0.25) is 48.1 Å². The Hall–Kier alpha value is -7.30. The van der Waals surface area contributed by atoms with Crippen LogP contribution < -0.4 is 66.3 Å². The van der Waals surface area contributed by atoms with E-state index in [0.29, 0.717) is 62.5 Å². The van der Waals surface area contributed by atoms with E-state index in [0.717, 1.165) is 0 Å². The first-order valence-electron chi connectivity index (χ1n) is 23.8. The number of nitrogens with two attached hydrogens (primary N) is 6. The molecule has 7 atom stereocenters. The number of guanidine groups is 1. The first-order chi connectivity index (χ1) is 35.7. The van der Waals surface area contributed by atoms with E-state index in [1.54, 1.807) is 42.5 Å². The van der Waals surface area contributed by atoms with Crippen molar-refractivity contribution >= 4 is 93.3 Å². The van der Waals surface area contributed by atoms with Crippen molar-refractivity contribution in [1.82, 2.24) is 36.8 Å². The molecule has 1 fully saturated rings. The third-order valence-electron chi connectivity index (χ3n) is 11.0. The normalized spacial score (nSPS) is 15.1. The maximum absolute atomic E-state index is 13.9. The van der Waals surface area contributed by atoms with Crippen molar-refractivity contribution in [3.05, 3.63) is 65.7 Å². The molecule has 28 heteroatoms. The highest BCUT2D eigenvalue weighted by molar-refractivity contribution is 8.76. The predicted molar refractivity (Wildman–Crippen MR) is 281 cm³/mol. The van der Waals surface area contributed by atoms with Crippen molar-refractivity contribution in [2.75, 3.05) is 38.2 Å². The van der Waals surface area contributed by atoms with Gasteiger partial charge in [0.1, 0.15) is 36.4 Å². The lowest BCUT2D eigenvalue weighted by molar-refractivity contribution is -0.138. The number of carbonyl (C=O) groups excluding carboxylic acids is 11. The number of phenols is 1. The lowest BCUT2D eigenvalue weighted by Gasteiger charge is -2.27. The number of aldehydes is 2. The van der Waals surface area contributed by atoms with Crippen LogP contribution in [0.15, 0.2) is 59.6 Å². The minimum absolute atomic E-state index is 0.00558. The number of likely N-dealkylation sites (tertiary alicyclic amines) is 1. The van der Waals surface area contributed by atoms with Gasteiger partial charge in [0.2, 0.25) is 53.2 Å². The zero-order chi connectivity index (χ0) is 55.9. The summed E-state index contributed by atoms with van der Waals surface area (Å²) >= 11 is 0. The van der Waals surface area contributed by atoms with Crippen LogP contribution in [0.4, 0.5) is 0 Å². The average molecular weight is 1090 g/mol. The molecule has 2 aromatic rings. The van der Waals surface area contributed by atoms with Crippen LogP contribution in [0.3, 0.4) is 0 Å². The van der Waals surface area contributed by atoms with Crippen LogP contribution >= 0.6 is 21.6 Å². The molecule has 0 saturated carbocycles. The molecule has 75 heavy (non-hydrogen) atoms. The average Bonchev–Trinajstić information content (AvgIpc) is 3.86. The van der Waals surface area contributed by atoms with E-state index in [2.05, 4.69) is 36.9 Å². The second kappa shape index (κ2) is 35.0. The van der Waals surface area contributed by atoms with E-state index in [9.17, 15) is 57.8 Å². The number of rotatable bonds is 33. The summed E-state index contributed by atoms with van der Waals surface area (Å²) in [4.78, 5) is 140. The molecule has 26 nitrogen and oxygen atoms in total. The number of nitrogens with zero attached hydrogens (tertiary/aromatic N) is 2. The molecule has 0 spiro atoms. The SMILES string of the molecule is CNC(CC(N)=O)C(=O)N[C@@H](CSSCCC(=O)NC(Cc1ccc(O)cc1)C(=O)NC(Cc1ccccc1)C(=O)NC(C=O)CCC(N)=O)C(=O)N1CCC[C@H]1C=O.NC(=O)CNC(=O)C(N)CCCN=C(N)N. The summed E-state index contributed by atoms with van der Waals surface area (Å²) in [5.74, 6) is -5.09. The topological polar surface area (TPSA) is 452 Å². The molecule has 19 N–H and O–H groups in total. The number of aromatic hydroxyl groups is 1. The summed E-state index contributed by atoms with van der Waals surface area (Å²) in [7, 11) is 3.91. The Labute approximate surface area is 441 Å². The van der Waals surface area contributed by atoms with Gasteiger partial charge in [0.25, 0.3) is 0 Å². The Kier molecular flexibility index (Phi) is 29.8. The number of benzene rings is 2. The first-order valence-corrected chi connectivity index (χ1v) is 26.2. The van der Waals surface area contributed by atoms with Crippen molar-refractivity contribution in [1.29, 1.82) is 0 Å². The monoisotopic (exact) mass is 1090 g/mol. The second-order valence-electron chi connectivity index (χ2n) is 17.0. The molecule has 3 rings (SSSR count). The number of hydrogen-bond donors (Lipinski definition) is 13. The zero-order valence-corrected chi connectivity index (χ0v) is 43.2. The van der Waals surface area contributed by atoms with E-state index in [4.69, 9.17) is 34.4 Å².